The van der Waals surface area contributed by atoms with Gasteiger partial charge in [0.2, 0.25) is 0 Å². The number of hydrogen-bond donors (Lipinski definition) is 1. The van der Waals surface area contributed by atoms with Gasteiger partial charge in [0.1, 0.15) is 0 Å². The molecule has 5 heteroatoms. The molecule has 0 saturated carbocycles. The van der Waals surface area contributed by atoms with Gasteiger partial charge in [-0.15, -0.1) is 0 Å². The van der Waals surface area contributed by atoms with Gasteiger partial charge in [-0.1, -0.05) is 18.2 Å². The van der Waals surface area contributed by atoms with E-state index in [1.165, 1.54) is 6.07 Å². The van der Waals surface area contributed by atoms with Crippen LogP contribution in [0.2, 0.25) is 0 Å². The number of nitrogens with zero attached hydrogens (tertiary/aromatic N) is 2. The van der Waals surface area contributed by atoms with Crippen molar-refractivity contribution in [2.75, 3.05) is 19.0 Å². The smallest absolute Gasteiger partial charge is 0.336 e. The van der Waals surface area contributed by atoms with Gasteiger partial charge in [0.25, 0.3) is 0 Å². The minimum absolute atomic E-state index is 0.0114. The number of ketones is 1. The number of fused-ring (bicyclic) bond motifs is 3. The third-order valence-electron chi connectivity index (χ3n) is 5.35. The predicted molar refractivity (Wildman–Crippen MR) is 116 cm³/mol. The highest BCUT2D eigenvalue weighted by atomic mass is 16.4. The number of anilines is 1. The lowest BCUT2D eigenvalue weighted by molar-refractivity contribution is 0.0693. The zero-order chi connectivity index (χ0) is 20.7. The molecule has 3 aromatic carbocycles. The molecule has 0 spiro atoms. The van der Waals surface area contributed by atoms with E-state index in [-0.39, 0.29) is 16.9 Å². The first-order chi connectivity index (χ1) is 13.9. The van der Waals surface area contributed by atoms with Gasteiger partial charge in [-0.2, -0.15) is 0 Å². The maximum atomic E-state index is 13.2. The molecule has 0 unspecified atom stereocenters. The molecule has 1 aromatic heterocycles. The van der Waals surface area contributed by atoms with Gasteiger partial charge in [-0.25, -0.2) is 4.79 Å². The number of benzene rings is 3. The molecule has 29 heavy (non-hydrogen) atoms. The molecule has 0 radical (unpaired) electrons. The molecule has 1 N–H and O–H groups in total. The Morgan fingerprint density at radius 3 is 2.31 bits per heavy atom. The highest BCUT2D eigenvalue weighted by Crippen LogP contribution is 2.31. The number of carbonyl (C=O) groups excluding carboxylic acids is 1. The molecule has 0 aliphatic heterocycles. The van der Waals surface area contributed by atoms with Crippen LogP contribution in [0.3, 0.4) is 0 Å². The minimum atomic E-state index is -1.11. The number of carbonyl (C=O) groups is 2. The Morgan fingerprint density at radius 2 is 1.62 bits per heavy atom. The first-order valence-corrected chi connectivity index (χ1v) is 9.52. The standard InChI is InChI=1S/C24H22N2O3/c1-4-26-21-8-6-5-7-17(21)19-13-15(9-12-22(19)26)23(27)18-11-10-16(25(2)3)14-20(18)24(28)29/h5-14H,4H2,1-3H3,(H,28,29). The summed E-state index contributed by atoms with van der Waals surface area (Å²) in [5, 5.41) is 11.7. The molecule has 0 bridgehead atoms. The Morgan fingerprint density at radius 1 is 0.897 bits per heavy atom. The van der Waals surface area contributed by atoms with Crippen molar-refractivity contribution >= 4 is 39.2 Å². The lowest BCUT2D eigenvalue weighted by atomic mass is 9.96. The van der Waals surface area contributed by atoms with Crippen molar-refractivity contribution in [1.29, 1.82) is 0 Å². The molecule has 0 atom stereocenters. The average Bonchev–Trinajstić information content (AvgIpc) is 3.05. The molecule has 146 valence electrons. The second-order valence-electron chi connectivity index (χ2n) is 7.25. The minimum Gasteiger partial charge on any atom is -0.478 e. The number of para-hydroxylation sites is 1. The van der Waals surface area contributed by atoms with Crippen LogP contribution in [0.5, 0.6) is 0 Å². The zero-order valence-corrected chi connectivity index (χ0v) is 16.6. The van der Waals surface area contributed by atoms with Crippen molar-refractivity contribution in [3.8, 4) is 0 Å². The Kier molecular flexibility index (Phi) is 4.59. The van der Waals surface area contributed by atoms with E-state index in [4.69, 9.17) is 0 Å². The lowest BCUT2D eigenvalue weighted by Crippen LogP contribution is -2.14. The Hall–Kier alpha value is -3.60. The van der Waals surface area contributed by atoms with Gasteiger partial charge < -0.3 is 14.6 Å². The van der Waals surface area contributed by atoms with Gasteiger partial charge >= 0.3 is 5.97 Å². The maximum absolute atomic E-state index is 13.2. The molecule has 4 aromatic rings. The van der Waals surface area contributed by atoms with E-state index in [2.05, 4.69) is 17.6 Å². The summed E-state index contributed by atoms with van der Waals surface area (Å²) in [6.45, 7) is 2.92. The first-order valence-electron chi connectivity index (χ1n) is 9.52. The van der Waals surface area contributed by atoms with Gasteiger partial charge in [0.15, 0.2) is 5.78 Å². The lowest BCUT2D eigenvalue weighted by Gasteiger charge is -2.15. The molecule has 0 aliphatic carbocycles. The van der Waals surface area contributed by atoms with Gasteiger partial charge in [-0.3, -0.25) is 4.79 Å². The van der Waals surface area contributed by atoms with E-state index in [1.54, 1.807) is 18.2 Å². The molecule has 1 heterocycles. The largest absolute Gasteiger partial charge is 0.478 e. The predicted octanol–water partition coefficient (Wildman–Crippen LogP) is 4.81. The molecule has 0 saturated heterocycles. The van der Waals surface area contributed by atoms with Crippen molar-refractivity contribution in [1.82, 2.24) is 4.57 Å². The first kappa shape index (κ1) is 18.7. The third kappa shape index (κ3) is 3.05. The number of rotatable bonds is 5. The quantitative estimate of drug-likeness (QED) is 0.500. The van der Waals surface area contributed by atoms with Crippen molar-refractivity contribution in [3.05, 3.63) is 77.4 Å². The highest BCUT2D eigenvalue weighted by molar-refractivity contribution is 6.17. The van der Waals surface area contributed by atoms with Crippen molar-refractivity contribution < 1.29 is 14.7 Å². The van der Waals surface area contributed by atoms with Crippen LogP contribution in [0.4, 0.5) is 5.69 Å². The maximum Gasteiger partial charge on any atom is 0.336 e. The fourth-order valence-corrected chi connectivity index (χ4v) is 3.88. The van der Waals surface area contributed by atoms with Crippen molar-refractivity contribution in [3.63, 3.8) is 0 Å². The SMILES string of the molecule is CCn1c2ccccc2c2cc(C(=O)c3ccc(N(C)C)cc3C(=O)O)ccc21. The summed E-state index contributed by atoms with van der Waals surface area (Å²) in [6.07, 6.45) is 0. The van der Waals surface area contributed by atoms with Crippen LogP contribution < -0.4 is 4.90 Å². The number of carboxylic acid groups (broad SMARTS) is 1. The number of carboxylic acids is 1. The summed E-state index contributed by atoms with van der Waals surface area (Å²) in [5.41, 5.74) is 3.61. The normalized spacial score (nSPS) is 11.1. The zero-order valence-electron chi connectivity index (χ0n) is 16.6. The van der Waals surface area contributed by atoms with E-state index in [1.807, 2.05) is 49.3 Å². The third-order valence-corrected chi connectivity index (χ3v) is 5.35. The van der Waals surface area contributed by atoms with Crippen LogP contribution in [-0.2, 0) is 6.54 Å². The monoisotopic (exact) mass is 386 g/mol. The van der Waals surface area contributed by atoms with Crippen LogP contribution in [-0.4, -0.2) is 35.5 Å². The summed E-state index contributed by atoms with van der Waals surface area (Å²) in [7, 11) is 3.67. The van der Waals surface area contributed by atoms with E-state index in [0.29, 0.717) is 5.56 Å². The van der Waals surface area contributed by atoms with Crippen molar-refractivity contribution in [2.24, 2.45) is 0 Å². The van der Waals surface area contributed by atoms with E-state index in [9.17, 15) is 14.7 Å². The van der Waals surface area contributed by atoms with Crippen LogP contribution in [0.1, 0.15) is 33.2 Å². The summed E-state index contributed by atoms with van der Waals surface area (Å²) >= 11 is 0. The molecule has 0 aliphatic rings. The Balaban J connectivity index is 1.88. The average molecular weight is 386 g/mol. The molecule has 0 amide bonds. The topological polar surface area (TPSA) is 62.5 Å². The van der Waals surface area contributed by atoms with Crippen LogP contribution in [0, 0.1) is 0 Å². The molecule has 0 fully saturated rings. The van der Waals surface area contributed by atoms with Gasteiger partial charge in [-0.05, 0) is 49.4 Å². The van der Waals surface area contributed by atoms with Crippen LogP contribution in [0.25, 0.3) is 21.8 Å². The molecular formula is C24H22N2O3. The number of hydrogen-bond acceptors (Lipinski definition) is 3. The van der Waals surface area contributed by atoms with Crippen LogP contribution in [0.15, 0.2) is 60.7 Å². The molecule has 5 nitrogen and oxygen atoms in total. The molecule has 4 rings (SSSR count). The second-order valence-corrected chi connectivity index (χ2v) is 7.25. The Bertz CT molecular complexity index is 1270. The van der Waals surface area contributed by atoms with E-state index < -0.39 is 5.97 Å². The summed E-state index contributed by atoms with van der Waals surface area (Å²) in [5.74, 6) is -1.40. The van der Waals surface area contributed by atoms with E-state index in [0.717, 1.165) is 34.0 Å². The number of aromatic carboxylic acids is 1. The highest BCUT2D eigenvalue weighted by Gasteiger charge is 2.20. The summed E-state index contributed by atoms with van der Waals surface area (Å²) in [6, 6.07) is 18.6. The van der Waals surface area contributed by atoms with Crippen molar-refractivity contribution in [2.45, 2.75) is 13.5 Å². The second kappa shape index (κ2) is 7.09. The van der Waals surface area contributed by atoms with E-state index >= 15 is 0 Å². The Labute approximate surface area is 168 Å². The molecular weight excluding hydrogens is 364 g/mol. The number of aryl methyl sites for hydroxylation is 1. The fraction of sp³-hybridized carbons (Fsp3) is 0.167. The summed E-state index contributed by atoms with van der Waals surface area (Å²) < 4.78 is 2.22. The summed E-state index contributed by atoms with van der Waals surface area (Å²) in [4.78, 5) is 26.8. The number of aromatic nitrogens is 1. The van der Waals surface area contributed by atoms with Gasteiger partial charge in [0, 0.05) is 59.3 Å². The fourth-order valence-electron chi connectivity index (χ4n) is 3.88. The van der Waals surface area contributed by atoms with Crippen LogP contribution >= 0.6 is 0 Å². The van der Waals surface area contributed by atoms with Gasteiger partial charge in [0.05, 0.1) is 5.56 Å².